The van der Waals surface area contributed by atoms with Crippen LogP contribution in [-0.2, 0) is 0 Å². The van der Waals surface area contributed by atoms with Crippen molar-refractivity contribution in [1.29, 1.82) is 0 Å². The smallest absolute Gasteiger partial charge is 0.336 e. The van der Waals surface area contributed by atoms with Crippen LogP contribution >= 0.6 is 0 Å². The zero-order chi connectivity index (χ0) is 18.0. The number of carbonyl (C=O) groups is 3. The van der Waals surface area contributed by atoms with Gasteiger partial charge in [0.25, 0.3) is 5.91 Å². The van der Waals surface area contributed by atoms with Crippen LogP contribution in [0, 0.1) is 0 Å². The van der Waals surface area contributed by atoms with Crippen LogP contribution in [0.2, 0.25) is 0 Å². The maximum absolute atomic E-state index is 12.7. The van der Waals surface area contributed by atoms with Gasteiger partial charge in [-0.1, -0.05) is 36.4 Å². The number of fused-ring (bicyclic) bond motifs is 1. The summed E-state index contributed by atoms with van der Waals surface area (Å²) in [5.41, 5.74) is 1.30. The van der Waals surface area contributed by atoms with Crippen molar-refractivity contribution in [3.63, 3.8) is 0 Å². The van der Waals surface area contributed by atoms with Gasteiger partial charge in [-0.05, 0) is 36.6 Å². The Kier molecular flexibility index (Phi) is 4.31. The zero-order valence-corrected chi connectivity index (χ0v) is 13.4. The predicted molar refractivity (Wildman–Crippen MR) is 95.3 cm³/mol. The van der Waals surface area contributed by atoms with E-state index in [4.69, 9.17) is 0 Å². The Morgan fingerprint density at radius 1 is 0.880 bits per heavy atom. The molecule has 0 aliphatic carbocycles. The fraction of sp³-hybridized carbons (Fsp3) is 0.0500. The summed E-state index contributed by atoms with van der Waals surface area (Å²) in [5.74, 6) is -1.63. The van der Waals surface area contributed by atoms with Gasteiger partial charge in [0.1, 0.15) is 0 Å². The maximum Gasteiger partial charge on any atom is 0.336 e. The third-order valence-electron chi connectivity index (χ3n) is 3.91. The van der Waals surface area contributed by atoms with Crippen LogP contribution in [0.1, 0.15) is 38.0 Å². The molecule has 0 fully saturated rings. The van der Waals surface area contributed by atoms with Crippen LogP contribution in [-0.4, -0.2) is 22.8 Å². The molecule has 25 heavy (non-hydrogen) atoms. The summed E-state index contributed by atoms with van der Waals surface area (Å²) in [7, 11) is 0. The Balaban J connectivity index is 2.05. The lowest BCUT2D eigenvalue weighted by Crippen LogP contribution is -2.14. The average molecular weight is 333 g/mol. The second kappa shape index (κ2) is 6.57. The molecule has 2 N–H and O–H groups in total. The third kappa shape index (κ3) is 3.26. The average Bonchev–Trinajstić information content (AvgIpc) is 2.60. The van der Waals surface area contributed by atoms with E-state index in [1.807, 2.05) is 0 Å². The molecule has 5 nitrogen and oxygen atoms in total. The molecule has 1 amide bonds. The van der Waals surface area contributed by atoms with E-state index in [-0.39, 0.29) is 16.9 Å². The predicted octanol–water partition coefficient (Wildman–Crippen LogP) is 3.99. The number of Topliss-reactive ketones (excluding diaryl/α,β-unsaturated/α-hetero) is 1. The highest BCUT2D eigenvalue weighted by Gasteiger charge is 2.16. The van der Waals surface area contributed by atoms with Crippen molar-refractivity contribution < 1.29 is 19.5 Å². The van der Waals surface area contributed by atoms with Crippen LogP contribution in [0.5, 0.6) is 0 Å². The van der Waals surface area contributed by atoms with Gasteiger partial charge < -0.3 is 10.4 Å². The molecule has 0 unspecified atom stereocenters. The van der Waals surface area contributed by atoms with Crippen LogP contribution in [0.15, 0.2) is 60.7 Å². The number of ketones is 1. The molecule has 0 aromatic heterocycles. The first-order valence-electron chi connectivity index (χ1n) is 7.65. The number of hydrogen-bond donors (Lipinski definition) is 2. The number of carboxylic acid groups (broad SMARTS) is 1. The van der Waals surface area contributed by atoms with Crippen LogP contribution < -0.4 is 5.32 Å². The summed E-state index contributed by atoms with van der Waals surface area (Å²) in [6, 6.07) is 16.5. The van der Waals surface area contributed by atoms with Crippen molar-refractivity contribution in [2.24, 2.45) is 0 Å². The van der Waals surface area contributed by atoms with E-state index < -0.39 is 11.9 Å². The summed E-state index contributed by atoms with van der Waals surface area (Å²) in [5, 5.41) is 13.2. The molecule has 0 aliphatic heterocycles. The first-order chi connectivity index (χ1) is 12.0. The minimum atomic E-state index is -1.09. The number of amides is 1. The number of anilines is 1. The number of rotatable bonds is 4. The number of hydrogen-bond acceptors (Lipinski definition) is 3. The Morgan fingerprint density at radius 3 is 2.16 bits per heavy atom. The molecule has 0 heterocycles. The maximum atomic E-state index is 12.7. The Labute approximate surface area is 143 Å². The van der Waals surface area contributed by atoms with E-state index in [0.29, 0.717) is 22.0 Å². The van der Waals surface area contributed by atoms with Crippen molar-refractivity contribution in [1.82, 2.24) is 0 Å². The lowest BCUT2D eigenvalue weighted by Gasteiger charge is -2.11. The molecule has 0 radical (unpaired) electrons. The molecule has 3 rings (SSSR count). The summed E-state index contributed by atoms with van der Waals surface area (Å²) in [6.45, 7) is 1.45. The van der Waals surface area contributed by atoms with Gasteiger partial charge in [-0.15, -0.1) is 0 Å². The molecule has 3 aromatic carbocycles. The summed E-state index contributed by atoms with van der Waals surface area (Å²) < 4.78 is 0. The molecule has 0 spiro atoms. The van der Waals surface area contributed by atoms with Gasteiger partial charge in [0, 0.05) is 22.2 Å². The zero-order valence-electron chi connectivity index (χ0n) is 13.4. The fourth-order valence-electron chi connectivity index (χ4n) is 2.72. The minimum Gasteiger partial charge on any atom is -0.478 e. The van der Waals surface area contributed by atoms with Gasteiger partial charge >= 0.3 is 5.97 Å². The second-order valence-corrected chi connectivity index (χ2v) is 5.61. The molecular weight excluding hydrogens is 318 g/mol. The van der Waals surface area contributed by atoms with Gasteiger partial charge in [0.2, 0.25) is 0 Å². The largest absolute Gasteiger partial charge is 0.478 e. The number of nitrogens with one attached hydrogen (secondary N) is 1. The monoisotopic (exact) mass is 333 g/mol. The van der Waals surface area contributed by atoms with Crippen molar-refractivity contribution in [3.8, 4) is 0 Å². The Bertz CT molecular complexity index is 1000. The van der Waals surface area contributed by atoms with E-state index in [0.717, 1.165) is 0 Å². The van der Waals surface area contributed by atoms with Crippen molar-refractivity contribution in [3.05, 3.63) is 77.4 Å². The molecule has 0 aliphatic rings. The van der Waals surface area contributed by atoms with E-state index in [9.17, 15) is 19.5 Å². The molecule has 0 saturated heterocycles. The lowest BCUT2D eigenvalue weighted by molar-refractivity contribution is 0.0698. The van der Waals surface area contributed by atoms with Crippen molar-refractivity contribution >= 4 is 34.1 Å². The minimum absolute atomic E-state index is 0.0701. The second-order valence-electron chi connectivity index (χ2n) is 5.61. The first kappa shape index (κ1) is 16.4. The summed E-state index contributed by atoms with van der Waals surface area (Å²) in [4.78, 5) is 35.7. The lowest BCUT2D eigenvalue weighted by atomic mass is 9.98. The topological polar surface area (TPSA) is 83.5 Å². The third-order valence-corrected chi connectivity index (χ3v) is 3.91. The normalized spacial score (nSPS) is 10.4. The van der Waals surface area contributed by atoms with E-state index in [1.165, 1.54) is 13.0 Å². The highest BCUT2D eigenvalue weighted by molar-refractivity contribution is 6.17. The highest BCUT2D eigenvalue weighted by Crippen LogP contribution is 2.24. The summed E-state index contributed by atoms with van der Waals surface area (Å²) in [6.07, 6.45) is 0. The van der Waals surface area contributed by atoms with E-state index >= 15 is 0 Å². The Hall–Kier alpha value is -3.47. The van der Waals surface area contributed by atoms with Gasteiger partial charge in [-0.2, -0.15) is 0 Å². The molecule has 3 aromatic rings. The standard InChI is InChI=1S/C20H15NO4/c1-12(22)14-7-2-8-15(11-14)21-19(23)16-9-3-5-13-6-4-10-17(18(13)16)20(24)25/h2-11H,1H3,(H,21,23)(H,24,25). The molecule has 5 heteroatoms. The SMILES string of the molecule is CC(=O)c1cccc(NC(=O)c2cccc3cccc(C(=O)O)c23)c1. The van der Waals surface area contributed by atoms with Gasteiger partial charge in [-0.25, -0.2) is 4.79 Å². The summed E-state index contributed by atoms with van der Waals surface area (Å²) >= 11 is 0. The molecule has 0 atom stereocenters. The van der Waals surface area contributed by atoms with Crippen molar-refractivity contribution in [2.75, 3.05) is 5.32 Å². The number of carbonyl (C=O) groups excluding carboxylic acids is 2. The van der Waals surface area contributed by atoms with Crippen LogP contribution in [0.25, 0.3) is 10.8 Å². The highest BCUT2D eigenvalue weighted by atomic mass is 16.4. The number of aromatic carboxylic acids is 1. The molecule has 0 saturated carbocycles. The fourth-order valence-corrected chi connectivity index (χ4v) is 2.72. The first-order valence-corrected chi connectivity index (χ1v) is 7.65. The van der Waals surface area contributed by atoms with Crippen LogP contribution in [0.4, 0.5) is 5.69 Å². The molecular formula is C20H15NO4. The quantitative estimate of drug-likeness (QED) is 0.707. The van der Waals surface area contributed by atoms with Gasteiger partial charge in [0.05, 0.1) is 5.56 Å². The molecule has 0 bridgehead atoms. The number of benzene rings is 3. The van der Waals surface area contributed by atoms with Crippen LogP contribution in [0.3, 0.4) is 0 Å². The van der Waals surface area contributed by atoms with Gasteiger partial charge in [-0.3, -0.25) is 9.59 Å². The number of carboxylic acids is 1. The van der Waals surface area contributed by atoms with E-state index in [1.54, 1.807) is 54.6 Å². The Morgan fingerprint density at radius 2 is 1.52 bits per heavy atom. The van der Waals surface area contributed by atoms with Crippen molar-refractivity contribution in [2.45, 2.75) is 6.92 Å². The molecule has 124 valence electrons. The van der Waals surface area contributed by atoms with E-state index in [2.05, 4.69) is 5.32 Å². The van der Waals surface area contributed by atoms with Gasteiger partial charge in [0.15, 0.2) is 5.78 Å².